The zero-order valence-electron chi connectivity index (χ0n) is 8.56. The van der Waals surface area contributed by atoms with Gasteiger partial charge in [0.15, 0.2) is 0 Å². The maximum atomic E-state index is 13.7. The molecule has 1 aromatic rings. The predicted molar refractivity (Wildman–Crippen MR) is 56.7 cm³/mol. The van der Waals surface area contributed by atoms with Crippen LogP contribution in [0.15, 0.2) is 10.5 Å². The van der Waals surface area contributed by atoms with Crippen molar-refractivity contribution in [2.45, 2.75) is 6.92 Å². The first-order valence-electron chi connectivity index (χ1n) is 4.13. The summed E-state index contributed by atoms with van der Waals surface area (Å²) in [5.74, 6) is -0.957. The molecule has 0 aliphatic heterocycles. The standard InChI is InChI=1S/C10H10BrFO3/c1-5-8(12)6(10(13)15-3)4-7(11)9(5)14-2/h4H,1-3H3. The Morgan fingerprint density at radius 3 is 2.53 bits per heavy atom. The third-order valence-corrected chi connectivity index (χ3v) is 2.59. The van der Waals surface area contributed by atoms with Crippen LogP contribution in [0.2, 0.25) is 0 Å². The zero-order chi connectivity index (χ0) is 11.6. The van der Waals surface area contributed by atoms with Crippen molar-refractivity contribution in [1.82, 2.24) is 0 Å². The van der Waals surface area contributed by atoms with Gasteiger partial charge in [-0.25, -0.2) is 9.18 Å². The molecule has 0 saturated heterocycles. The van der Waals surface area contributed by atoms with E-state index in [1.807, 2.05) is 0 Å². The van der Waals surface area contributed by atoms with Gasteiger partial charge in [-0.2, -0.15) is 0 Å². The fourth-order valence-corrected chi connectivity index (χ4v) is 1.93. The number of benzene rings is 1. The SMILES string of the molecule is COC(=O)c1cc(Br)c(OC)c(C)c1F. The summed E-state index contributed by atoms with van der Waals surface area (Å²) in [4.78, 5) is 11.2. The van der Waals surface area contributed by atoms with Gasteiger partial charge in [-0.15, -0.1) is 0 Å². The minimum atomic E-state index is -0.709. The van der Waals surface area contributed by atoms with Gasteiger partial charge in [-0.05, 0) is 28.9 Å². The van der Waals surface area contributed by atoms with Crippen molar-refractivity contribution < 1.29 is 18.7 Å². The van der Waals surface area contributed by atoms with E-state index in [0.717, 1.165) is 0 Å². The Kier molecular flexibility index (Phi) is 3.68. The molecular weight excluding hydrogens is 267 g/mol. The topological polar surface area (TPSA) is 35.5 Å². The van der Waals surface area contributed by atoms with Crippen LogP contribution in [0, 0.1) is 12.7 Å². The van der Waals surface area contributed by atoms with E-state index in [4.69, 9.17) is 4.74 Å². The van der Waals surface area contributed by atoms with Gasteiger partial charge in [0.1, 0.15) is 11.6 Å². The second kappa shape index (κ2) is 4.61. The number of esters is 1. The molecule has 0 aliphatic rings. The number of ether oxygens (including phenoxy) is 2. The van der Waals surface area contributed by atoms with E-state index < -0.39 is 11.8 Å². The lowest BCUT2D eigenvalue weighted by atomic mass is 10.1. The van der Waals surface area contributed by atoms with Crippen LogP contribution in [0.25, 0.3) is 0 Å². The van der Waals surface area contributed by atoms with E-state index in [2.05, 4.69) is 20.7 Å². The Labute approximate surface area is 95.3 Å². The molecule has 5 heteroatoms. The van der Waals surface area contributed by atoms with E-state index in [1.165, 1.54) is 27.2 Å². The van der Waals surface area contributed by atoms with Gasteiger partial charge in [0.25, 0.3) is 0 Å². The molecule has 15 heavy (non-hydrogen) atoms. The van der Waals surface area contributed by atoms with E-state index in [0.29, 0.717) is 10.2 Å². The Morgan fingerprint density at radius 2 is 2.07 bits per heavy atom. The van der Waals surface area contributed by atoms with Crippen LogP contribution in [0.4, 0.5) is 4.39 Å². The van der Waals surface area contributed by atoms with Crippen LogP contribution in [-0.4, -0.2) is 20.2 Å². The largest absolute Gasteiger partial charge is 0.495 e. The Balaban J connectivity index is 3.40. The van der Waals surface area contributed by atoms with Crippen LogP contribution in [0.1, 0.15) is 15.9 Å². The summed E-state index contributed by atoms with van der Waals surface area (Å²) in [5, 5.41) is 0. The van der Waals surface area contributed by atoms with Crippen LogP contribution < -0.4 is 4.74 Å². The third kappa shape index (κ3) is 2.12. The summed E-state index contributed by atoms with van der Waals surface area (Å²) in [6, 6.07) is 1.34. The van der Waals surface area contributed by atoms with E-state index in [1.54, 1.807) is 0 Å². The van der Waals surface area contributed by atoms with Crippen molar-refractivity contribution in [3.63, 3.8) is 0 Å². The highest BCUT2D eigenvalue weighted by Gasteiger charge is 2.19. The monoisotopic (exact) mass is 276 g/mol. The molecule has 0 heterocycles. The molecule has 0 aromatic heterocycles. The maximum absolute atomic E-state index is 13.7. The van der Waals surface area contributed by atoms with Crippen LogP contribution >= 0.6 is 15.9 Å². The summed E-state index contributed by atoms with van der Waals surface area (Å²) in [7, 11) is 2.64. The first-order valence-corrected chi connectivity index (χ1v) is 4.93. The number of carbonyl (C=O) groups is 1. The highest BCUT2D eigenvalue weighted by atomic mass is 79.9. The number of halogens is 2. The molecule has 0 unspecified atom stereocenters. The lowest BCUT2D eigenvalue weighted by molar-refractivity contribution is 0.0595. The fraction of sp³-hybridized carbons (Fsp3) is 0.300. The van der Waals surface area contributed by atoms with Gasteiger partial charge < -0.3 is 9.47 Å². The molecule has 3 nitrogen and oxygen atoms in total. The van der Waals surface area contributed by atoms with Crippen molar-refractivity contribution in [3.8, 4) is 5.75 Å². The van der Waals surface area contributed by atoms with Gasteiger partial charge in [0.05, 0.1) is 24.3 Å². The molecule has 0 N–H and O–H groups in total. The molecule has 1 rings (SSSR count). The van der Waals surface area contributed by atoms with Gasteiger partial charge >= 0.3 is 5.97 Å². The van der Waals surface area contributed by atoms with Gasteiger partial charge in [0, 0.05) is 5.56 Å². The molecule has 1 aromatic carbocycles. The summed E-state index contributed by atoms with van der Waals surface area (Å²) in [5.41, 5.74) is 0.162. The van der Waals surface area contributed by atoms with Crippen LogP contribution in [0.5, 0.6) is 5.75 Å². The second-order valence-corrected chi connectivity index (χ2v) is 3.72. The lowest BCUT2D eigenvalue weighted by Crippen LogP contribution is -2.07. The van der Waals surface area contributed by atoms with E-state index in [9.17, 15) is 9.18 Å². The van der Waals surface area contributed by atoms with Crippen LogP contribution in [0.3, 0.4) is 0 Å². The van der Waals surface area contributed by atoms with Gasteiger partial charge in [-0.1, -0.05) is 0 Å². The molecule has 0 fully saturated rings. The summed E-state index contributed by atoms with van der Waals surface area (Å²) >= 11 is 3.19. The first kappa shape index (κ1) is 12.0. The molecular formula is C10H10BrFO3. The third-order valence-electron chi connectivity index (χ3n) is 2.00. The molecule has 0 amide bonds. The van der Waals surface area contributed by atoms with Crippen molar-refractivity contribution in [1.29, 1.82) is 0 Å². The minimum absolute atomic E-state index is 0.109. The Bertz CT molecular complexity index is 404. The van der Waals surface area contributed by atoms with E-state index >= 15 is 0 Å². The summed E-state index contributed by atoms with van der Waals surface area (Å²) < 4.78 is 23.6. The molecule has 0 saturated carbocycles. The minimum Gasteiger partial charge on any atom is -0.495 e. The zero-order valence-corrected chi connectivity index (χ0v) is 10.1. The normalized spacial score (nSPS) is 9.93. The quantitative estimate of drug-likeness (QED) is 0.780. The number of rotatable bonds is 2. The van der Waals surface area contributed by atoms with E-state index in [-0.39, 0.29) is 11.1 Å². The lowest BCUT2D eigenvalue weighted by Gasteiger charge is -2.10. The number of carbonyl (C=O) groups excluding carboxylic acids is 1. The molecule has 0 aliphatic carbocycles. The summed E-state index contributed by atoms with van der Waals surface area (Å²) in [6.45, 7) is 1.53. The average Bonchev–Trinajstić information content (AvgIpc) is 2.23. The average molecular weight is 277 g/mol. The van der Waals surface area contributed by atoms with Crippen LogP contribution in [-0.2, 0) is 4.74 Å². The highest BCUT2D eigenvalue weighted by molar-refractivity contribution is 9.10. The molecule has 0 radical (unpaired) electrons. The number of hydrogen-bond donors (Lipinski definition) is 0. The Morgan fingerprint density at radius 1 is 1.47 bits per heavy atom. The predicted octanol–water partition coefficient (Wildman–Crippen LogP) is 2.69. The van der Waals surface area contributed by atoms with Crippen molar-refractivity contribution in [2.24, 2.45) is 0 Å². The molecule has 82 valence electrons. The number of hydrogen-bond acceptors (Lipinski definition) is 3. The molecule has 0 bridgehead atoms. The Hall–Kier alpha value is -1.10. The first-order chi connectivity index (χ1) is 7.02. The number of methoxy groups -OCH3 is 2. The maximum Gasteiger partial charge on any atom is 0.340 e. The highest BCUT2D eigenvalue weighted by Crippen LogP contribution is 2.32. The van der Waals surface area contributed by atoms with Crippen molar-refractivity contribution in [3.05, 3.63) is 27.5 Å². The van der Waals surface area contributed by atoms with Crippen molar-refractivity contribution in [2.75, 3.05) is 14.2 Å². The van der Waals surface area contributed by atoms with Gasteiger partial charge in [0.2, 0.25) is 0 Å². The molecule has 0 atom stereocenters. The fourth-order valence-electron chi connectivity index (χ4n) is 1.25. The molecule has 0 spiro atoms. The summed E-state index contributed by atoms with van der Waals surface area (Å²) in [6.07, 6.45) is 0. The smallest absolute Gasteiger partial charge is 0.340 e. The van der Waals surface area contributed by atoms with Crippen molar-refractivity contribution >= 4 is 21.9 Å². The van der Waals surface area contributed by atoms with Gasteiger partial charge in [-0.3, -0.25) is 0 Å². The second-order valence-electron chi connectivity index (χ2n) is 2.87.